The molecule has 0 atom stereocenters. The molecule has 1 saturated carbocycles. The van der Waals surface area contributed by atoms with Gasteiger partial charge in [-0.3, -0.25) is 0 Å². The molecule has 4 nitrogen and oxygen atoms in total. The summed E-state index contributed by atoms with van der Waals surface area (Å²) in [5, 5.41) is 2.78. The maximum absolute atomic E-state index is 15.8. The normalized spacial score (nSPS) is 14.5. The van der Waals surface area contributed by atoms with Crippen molar-refractivity contribution in [3.8, 4) is 21.8 Å². The van der Waals surface area contributed by atoms with E-state index in [1.165, 1.54) is 6.42 Å². The number of fused-ring (bicyclic) bond motifs is 2. The monoisotopic (exact) mass is 474 g/mol. The molecule has 0 amide bonds. The molecule has 1 fully saturated rings. The van der Waals surface area contributed by atoms with Gasteiger partial charge in [0.05, 0.1) is 0 Å². The summed E-state index contributed by atoms with van der Waals surface area (Å²) in [6.45, 7) is 0. The van der Waals surface area contributed by atoms with Crippen molar-refractivity contribution in [2.45, 2.75) is 25.2 Å². The predicted octanol–water partition coefficient (Wildman–Crippen LogP) is 4.87. The molecule has 1 aliphatic rings. The Morgan fingerprint density at radius 2 is 1.97 bits per heavy atom. The summed E-state index contributed by atoms with van der Waals surface area (Å²) in [4.78, 5) is 15.0. The van der Waals surface area contributed by atoms with Gasteiger partial charge in [-0.15, -0.1) is 0 Å². The van der Waals surface area contributed by atoms with Crippen molar-refractivity contribution < 1.29 is 4.39 Å². The van der Waals surface area contributed by atoms with E-state index in [0.717, 1.165) is 44.6 Å². The second-order valence-corrected chi connectivity index (χ2v) is 9.42. The van der Waals surface area contributed by atoms with E-state index in [1.807, 2.05) is 48.0 Å². The van der Waals surface area contributed by atoms with Crippen LogP contribution in [0, 0.1) is 5.82 Å². The molecule has 4 heterocycles. The van der Waals surface area contributed by atoms with E-state index >= 15 is 4.39 Å². The van der Waals surface area contributed by atoms with Gasteiger partial charge in [0.15, 0.2) is 0 Å². The second-order valence-electron chi connectivity index (χ2n) is 7.59. The SMILES string of the molecule is Fc1c(-c2nc(C3CCC3)n3ccnc([As])c23)ccc2ccc(-c3cccs3)nc12. The number of halogens is 1. The van der Waals surface area contributed by atoms with Crippen LogP contribution in [0.4, 0.5) is 4.39 Å². The quantitative estimate of drug-likeness (QED) is 0.351. The van der Waals surface area contributed by atoms with E-state index in [-0.39, 0.29) is 5.82 Å². The first-order valence-corrected chi connectivity index (χ1v) is 11.7. The first kappa shape index (κ1) is 18.2. The van der Waals surface area contributed by atoms with Gasteiger partial charge < -0.3 is 0 Å². The van der Waals surface area contributed by atoms with Crippen molar-refractivity contribution in [1.29, 1.82) is 0 Å². The summed E-state index contributed by atoms with van der Waals surface area (Å²) in [7, 11) is 0. The molecule has 0 spiro atoms. The molecule has 6 rings (SSSR count). The van der Waals surface area contributed by atoms with Crippen molar-refractivity contribution >= 4 is 49.1 Å². The van der Waals surface area contributed by atoms with Crippen LogP contribution in [0.5, 0.6) is 0 Å². The fraction of sp³-hybridized carbons (Fsp3) is 0.174. The van der Waals surface area contributed by atoms with E-state index in [1.54, 1.807) is 17.5 Å². The van der Waals surface area contributed by atoms with Gasteiger partial charge in [0.1, 0.15) is 0 Å². The van der Waals surface area contributed by atoms with Gasteiger partial charge in [0.2, 0.25) is 0 Å². The molecular weight excluding hydrogens is 458 g/mol. The number of imidazole rings is 1. The third-order valence-corrected chi connectivity index (χ3v) is 7.44. The first-order chi connectivity index (χ1) is 14.7. The van der Waals surface area contributed by atoms with Crippen molar-refractivity contribution in [2.75, 3.05) is 0 Å². The molecule has 1 aliphatic carbocycles. The summed E-state index contributed by atoms with van der Waals surface area (Å²) in [5.41, 5.74) is 3.13. The third-order valence-electron chi connectivity index (χ3n) is 5.86. The van der Waals surface area contributed by atoms with Crippen molar-refractivity contribution in [2.24, 2.45) is 0 Å². The molecule has 30 heavy (non-hydrogen) atoms. The number of rotatable bonds is 3. The summed E-state index contributed by atoms with van der Waals surface area (Å²) in [6.07, 6.45) is 7.18. The number of benzene rings is 1. The van der Waals surface area contributed by atoms with Crippen molar-refractivity contribution in [3.05, 3.63) is 65.8 Å². The number of hydrogen-bond acceptors (Lipinski definition) is 4. The Morgan fingerprint density at radius 3 is 2.73 bits per heavy atom. The summed E-state index contributed by atoms with van der Waals surface area (Å²) < 4.78 is 18.7. The molecule has 0 unspecified atom stereocenters. The van der Waals surface area contributed by atoms with Gasteiger partial charge in [-0.1, -0.05) is 0 Å². The Morgan fingerprint density at radius 1 is 1.10 bits per heavy atom. The van der Waals surface area contributed by atoms with Crippen LogP contribution in [0.2, 0.25) is 0 Å². The van der Waals surface area contributed by atoms with E-state index in [0.29, 0.717) is 22.7 Å². The van der Waals surface area contributed by atoms with Gasteiger partial charge >= 0.3 is 186 Å². The molecule has 0 saturated heterocycles. The molecule has 0 N–H and O–H groups in total. The number of pyridine rings is 1. The van der Waals surface area contributed by atoms with Gasteiger partial charge in [-0.05, 0) is 0 Å². The van der Waals surface area contributed by atoms with Crippen LogP contribution in [0.3, 0.4) is 0 Å². The molecular formula is C23H16AsFN4S. The number of nitrogens with zero attached hydrogens (tertiary/aromatic N) is 4. The molecule has 0 aliphatic heterocycles. The molecule has 0 bridgehead atoms. The molecule has 146 valence electrons. The molecule has 2 radical (unpaired) electrons. The van der Waals surface area contributed by atoms with Gasteiger partial charge in [0.25, 0.3) is 0 Å². The molecule has 1 aromatic carbocycles. The van der Waals surface area contributed by atoms with Crippen LogP contribution >= 0.6 is 11.3 Å². The minimum absolute atomic E-state index is 0.332. The average Bonchev–Trinajstić information content (AvgIpc) is 3.37. The summed E-state index contributed by atoms with van der Waals surface area (Å²) >= 11 is 4.09. The zero-order chi connectivity index (χ0) is 20.2. The molecule has 5 aromatic rings. The van der Waals surface area contributed by atoms with Gasteiger partial charge in [0, 0.05) is 0 Å². The Labute approximate surface area is 185 Å². The van der Waals surface area contributed by atoms with Crippen LogP contribution in [0.1, 0.15) is 31.0 Å². The summed E-state index contributed by atoms with van der Waals surface area (Å²) in [6, 6.07) is 11.6. The Hall–Kier alpha value is -2.56. The fourth-order valence-corrected chi connectivity index (χ4v) is 5.37. The zero-order valence-electron chi connectivity index (χ0n) is 15.9. The third kappa shape index (κ3) is 2.74. The number of hydrogen-bond donors (Lipinski definition) is 0. The van der Waals surface area contributed by atoms with Crippen LogP contribution in [-0.2, 0) is 0 Å². The van der Waals surface area contributed by atoms with Gasteiger partial charge in [-0.2, -0.15) is 0 Å². The summed E-state index contributed by atoms with van der Waals surface area (Å²) in [5.74, 6) is 1.09. The molecule has 7 heteroatoms. The van der Waals surface area contributed by atoms with E-state index in [2.05, 4.69) is 31.2 Å². The van der Waals surface area contributed by atoms with Crippen LogP contribution in [0.25, 0.3) is 38.2 Å². The van der Waals surface area contributed by atoms with Crippen LogP contribution in [-0.4, -0.2) is 36.2 Å². The number of aromatic nitrogens is 4. The Bertz CT molecular complexity index is 1410. The van der Waals surface area contributed by atoms with Gasteiger partial charge in [-0.25, -0.2) is 0 Å². The maximum atomic E-state index is 15.8. The van der Waals surface area contributed by atoms with E-state index < -0.39 is 0 Å². The Kier molecular flexibility index (Phi) is 4.25. The zero-order valence-corrected chi connectivity index (χ0v) is 18.6. The van der Waals surface area contributed by atoms with E-state index in [9.17, 15) is 0 Å². The first-order valence-electron chi connectivity index (χ1n) is 9.90. The van der Waals surface area contributed by atoms with Crippen molar-refractivity contribution in [3.63, 3.8) is 0 Å². The standard InChI is InChI=1S/C23H16AsFN4S/c24-22-21-20(28-23(14-3-1-4-14)29(21)11-10-26-22)15-8-6-13-7-9-16(17-5-2-12-30-17)27-19(13)18(15)25/h2,5-12,14H,1,3-4H2. The topological polar surface area (TPSA) is 43.1 Å². The second kappa shape index (κ2) is 7.00. The van der Waals surface area contributed by atoms with Crippen molar-refractivity contribution in [1.82, 2.24) is 19.4 Å². The van der Waals surface area contributed by atoms with E-state index in [4.69, 9.17) is 4.98 Å². The fourth-order valence-electron chi connectivity index (χ4n) is 4.09. The number of thiophene rings is 1. The average molecular weight is 474 g/mol. The predicted molar refractivity (Wildman–Crippen MR) is 119 cm³/mol. The van der Waals surface area contributed by atoms with Crippen LogP contribution in [0.15, 0.2) is 54.2 Å². The minimum atomic E-state index is -0.332. The molecule has 4 aromatic heterocycles. The van der Waals surface area contributed by atoms with Crippen LogP contribution < -0.4 is 4.48 Å². The Balaban J connectivity index is 1.60.